The molecule has 0 radical (unpaired) electrons. The Morgan fingerprint density at radius 1 is 1.04 bits per heavy atom. The number of hydrogen-bond donors (Lipinski definition) is 0. The Hall–Kier alpha value is -2.88. The van der Waals surface area contributed by atoms with Crippen LogP contribution in [0.1, 0.15) is 34.5 Å². The van der Waals surface area contributed by atoms with E-state index < -0.39 is 0 Å². The maximum atomic E-state index is 12.3. The number of amides is 1. The van der Waals surface area contributed by atoms with Gasteiger partial charge in [0.1, 0.15) is 0 Å². The average molecular weight is 323 g/mol. The highest BCUT2D eigenvalue weighted by Crippen LogP contribution is 2.18. The Morgan fingerprint density at radius 2 is 1.67 bits per heavy atom. The maximum absolute atomic E-state index is 12.3. The van der Waals surface area contributed by atoms with E-state index in [0.29, 0.717) is 5.56 Å². The molecule has 0 N–H and O–H groups in total. The number of carbonyl (C=O) groups is 2. The van der Waals surface area contributed by atoms with Crippen molar-refractivity contribution in [1.29, 1.82) is 0 Å². The molecule has 1 amide bonds. The monoisotopic (exact) mass is 323 g/mol. The fraction of sp³-hybridized carbons (Fsp3) is 0.200. The average Bonchev–Trinajstić information content (AvgIpc) is 2.65. The first-order valence-electron chi connectivity index (χ1n) is 7.71. The lowest BCUT2D eigenvalue weighted by Crippen LogP contribution is -2.27. The zero-order valence-corrected chi connectivity index (χ0v) is 14.1. The second-order valence-corrected chi connectivity index (χ2v) is 5.48. The molecule has 4 heteroatoms. The van der Waals surface area contributed by atoms with Crippen LogP contribution in [-0.2, 0) is 9.53 Å². The summed E-state index contributed by atoms with van der Waals surface area (Å²) in [5.41, 5.74) is 2.41. The summed E-state index contributed by atoms with van der Waals surface area (Å²) in [6.07, 6.45) is 3.27. The highest BCUT2D eigenvalue weighted by Gasteiger charge is 2.14. The molecule has 0 saturated heterocycles. The summed E-state index contributed by atoms with van der Waals surface area (Å²) in [5, 5.41) is 0. The molecule has 4 nitrogen and oxygen atoms in total. The van der Waals surface area contributed by atoms with Crippen molar-refractivity contribution in [3.63, 3.8) is 0 Å². The highest BCUT2D eigenvalue weighted by atomic mass is 16.5. The highest BCUT2D eigenvalue weighted by molar-refractivity contribution is 5.92. The normalized spacial score (nSPS) is 12.0. The maximum Gasteiger partial charge on any atom is 0.337 e. The van der Waals surface area contributed by atoms with Crippen molar-refractivity contribution >= 4 is 18.0 Å². The van der Waals surface area contributed by atoms with Gasteiger partial charge in [-0.1, -0.05) is 42.5 Å². The summed E-state index contributed by atoms with van der Waals surface area (Å²) in [7, 11) is 3.13. The predicted molar refractivity (Wildman–Crippen MR) is 94.4 cm³/mol. The second kappa shape index (κ2) is 8.11. The Bertz CT molecular complexity index is 720. The van der Waals surface area contributed by atoms with Crippen molar-refractivity contribution in [1.82, 2.24) is 4.90 Å². The number of carbonyl (C=O) groups excluding carboxylic acids is 2. The van der Waals surface area contributed by atoms with Crippen LogP contribution in [-0.4, -0.2) is 30.9 Å². The first kappa shape index (κ1) is 17.5. The summed E-state index contributed by atoms with van der Waals surface area (Å²) in [6, 6.07) is 16.8. The smallest absolute Gasteiger partial charge is 0.337 e. The van der Waals surface area contributed by atoms with Crippen LogP contribution in [0.15, 0.2) is 60.7 Å². The molecule has 0 spiro atoms. The van der Waals surface area contributed by atoms with Gasteiger partial charge in [0.15, 0.2) is 0 Å². The van der Waals surface area contributed by atoms with E-state index in [1.165, 1.54) is 13.2 Å². The van der Waals surface area contributed by atoms with E-state index in [1.54, 1.807) is 42.3 Å². The van der Waals surface area contributed by atoms with Gasteiger partial charge in [-0.05, 0) is 36.3 Å². The van der Waals surface area contributed by atoms with Crippen LogP contribution >= 0.6 is 0 Å². The molecule has 0 heterocycles. The molecule has 0 aliphatic carbocycles. The molecular weight excluding hydrogens is 302 g/mol. The van der Waals surface area contributed by atoms with Crippen LogP contribution in [0, 0.1) is 0 Å². The van der Waals surface area contributed by atoms with Crippen molar-refractivity contribution in [3.8, 4) is 0 Å². The van der Waals surface area contributed by atoms with E-state index in [9.17, 15) is 9.59 Å². The molecule has 0 saturated carbocycles. The van der Waals surface area contributed by atoms with Crippen molar-refractivity contribution in [2.24, 2.45) is 0 Å². The van der Waals surface area contributed by atoms with Gasteiger partial charge < -0.3 is 9.64 Å². The number of ether oxygens (including phenoxy) is 1. The van der Waals surface area contributed by atoms with Crippen molar-refractivity contribution in [2.45, 2.75) is 13.0 Å². The number of benzene rings is 2. The summed E-state index contributed by atoms with van der Waals surface area (Å²) in [6.45, 7) is 1.99. The molecule has 0 aliphatic heterocycles. The third-order valence-corrected chi connectivity index (χ3v) is 3.96. The largest absolute Gasteiger partial charge is 0.465 e. The number of hydrogen-bond acceptors (Lipinski definition) is 3. The quantitative estimate of drug-likeness (QED) is 0.622. The fourth-order valence-corrected chi connectivity index (χ4v) is 2.28. The number of esters is 1. The molecule has 0 aliphatic rings. The van der Waals surface area contributed by atoms with Gasteiger partial charge in [-0.3, -0.25) is 4.79 Å². The molecule has 2 aromatic rings. The van der Waals surface area contributed by atoms with Crippen LogP contribution in [0.25, 0.3) is 6.08 Å². The Labute approximate surface area is 142 Å². The molecule has 0 bridgehead atoms. The van der Waals surface area contributed by atoms with Gasteiger partial charge in [-0.15, -0.1) is 0 Å². The molecule has 2 rings (SSSR count). The predicted octanol–water partition coefficient (Wildman–Crippen LogP) is 3.71. The summed E-state index contributed by atoms with van der Waals surface area (Å²) in [5.74, 6) is -0.457. The zero-order chi connectivity index (χ0) is 17.5. The third-order valence-electron chi connectivity index (χ3n) is 3.96. The van der Waals surface area contributed by atoms with E-state index in [-0.39, 0.29) is 17.9 Å². The van der Waals surface area contributed by atoms with E-state index in [2.05, 4.69) is 4.74 Å². The lowest BCUT2D eigenvalue weighted by Gasteiger charge is -2.24. The molecule has 2 aromatic carbocycles. The summed E-state index contributed by atoms with van der Waals surface area (Å²) < 4.78 is 4.66. The van der Waals surface area contributed by atoms with E-state index in [0.717, 1.165) is 11.1 Å². The van der Waals surface area contributed by atoms with Gasteiger partial charge in [0, 0.05) is 13.1 Å². The van der Waals surface area contributed by atoms with Crippen LogP contribution in [0.2, 0.25) is 0 Å². The topological polar surface area (TPSA) is 46.6 Å². The van der Waals surface area contributed by atoms with E-state index in [4.69, 9.17) is 0 Å². The lowest BCUT2D eigenvalue weighted by molar-refractivity contribution is -0.126. The van der Waals surface area contributed by atoms with E-state index in [1.807, 2.05) is 37.3 Å². The summed E-state index contributed by atoms with van der Waals surface area (Å²) in [4.78, 5) is 25.4. The standard InChI is InChI=1S/C20H21NO3/c1-15(17-7-5-4-6-8-17)21(2)19(22)14-11-16-9-12-18(13-10-16)20(23)24-3/h4-15H,1-3H3. The molecule has 124 valence electrons. The van der Waals surface area contributed by atoms with Crippen LogP contribution in [0.5, 0.6) is 0 Å². The Morgan fingerprint density at radius 3 is 2.25 bits per heavy atom. The SMILES string of the molecule is COC(=O)c1ccc(C=CC(=O)N(C)C(C)c2ccccc2)cc1. The molecule has 0 fully saturated rings. The van der Waals surface area contributed by atoms with Gasteiger partial charge >= 0.3 is 5.97 Å². The first-order valence-corrected chi connectivity index (χ1v) is 7.71. The zero-order valence-electron chi connectivity index (χ0n) is 14.1. The molecular formula is C20H21NO3. The fourth-order valence-electron chi connectivity index (χ4n) is 2.28. The number of rotatable bonds is 5. The number of nitrogens with zero attached hydrogens (tertiary/aromatic N) is 1. The summed E-state index contributed by atoms with van der Waals surface area (Å²) >= 11 is 0. The van der Waals surface area contributed by atoms with Crippen molar-refractivity contribution < 1.29 is 14.3 Å². The molecule has 1 unspecified atom stereocenters. The molecule has 1 atom stereocenters. The van der Waals surface area contributed by atoms with Crippen molar-refractivity contribution in [3.05, 3.63) is 77.4 Å². The minimum atomic E-state index is -0.377. The van der Waals surface area contributed by atoms with Crippen LogP contribution < -0.4 is 0 Å². The Balaban J connectivity index is 2.03. The molecule has 0 aromatic heterocycles. The Kier molecular flexibility index (Phi) is 5.90. The van der Waals surface area contributed by atoms with Gasteiger partial charge in [0.05, 0.1) is 18.7 Å². The second-order valence-electron chi connectivity index (χ2n) is 5.48. The number of likely N-dealkylation sites (N-methyl/N-ethyl adjacent to an activating group) is 1. The minimum absolute atomic E-state index is 0.00921. The van der Waals surface area contributed by atoms with Crippen molar-refractivity contribution in [2.75, 3.05) is 14.2 Å². The number of methoxy groups -OCH3 is 1. The first-order chi connectivity index (χ1) is 11.5. The van der Waals surface area contributed by atoms with Crippen LogP contribution in [0.3, 0.4) is 0 Å². The van der Waals surface area contributed by atoms with Gasteiger partial charge in [0.25, 0.3) is 0 Å². The van der Waals surface area contributed by atoms with Gasteiger partial charge in [0.2, 0.25) is 5.91 Å². The van der Waals surface area contributed by atoms with Gasteiger partial charge in [-0.25, -0.2) is 4.79 Å². The minimum Gasteiger partial charge on any atom is -0.465 e. The van der Waals surface area contributed by atoms with E-state index >= 15 is 0 Å². The lowest BCUT2D eigenvalue weighted by atomic mass is 10.1. The van der Waals surface area contributed by atoms with Crippen LogP contribution in [0.4, 0.5) is 0 Å². The third kappa shape index (κ3) is 4.32. The van der Waals surface area contributed by atoms with Gasteiger partial charge in [-0.2, -0.15) is 0 Å². The molecule has 24 heavy (non-hydrogen) atoms.